The van der Waals surface area contributed by atoms with Crippen LogP contribution in [0.2, 0.25) is 0 Å². The Labute approximate surface area is 116 Å². The minimum Gasteiger partial charge on any atom is -0.330 e. The van der Waals surface area contributed by atoms with E-state index >= 15 is 0 Å². The van der Waals surface area contributed by atoms with Gasteiger partial charge in [0.05, 0.1) is 0 Å². The fourth-order valence-electron chi connectivity index (χ4n) is 2.91. The molecule has 1 fully saturated rings. The van der Waals surface area contributed by atoms with Crippen molar-refractivity contribution in [1.29, 1.82) is 0 Å². The van der Waals surface area contributed by atoms with Crippen LogP contribution < -0.4 is 5.73 Å². The molecule has 2 N–H and O–H groups in total. The molecule has 0 spiro atoms. The first-order valence-electron chi connectivity index (χ1n) is 7.17. The molecule has 0 radical (unpaired) electrons. The minimum absolute atomic E-state index is 0.706. The van der Waals surface area contributed by atoms with E-state index < -0.39 is 0 Å². The van der Waals surface area contributed by atoms with Crippen LogP contribution in [0.15, 0.2) is 29.2 Å². The Balaban J connectivity index is 2.07. The van der Waals surface area contributed by atoms with Gasteiger partial charge in [-0.2, -0.15) is 0 Å². The van der Waals surface area contributed by atoms with Crippen LogP contribution in [0.1, 0.15) is 38.2 Å². The van der Waals surface area contributed by atoms with Crippen molar-refractivity contribution >= 4 is 11.8 Å². The summed E-state index contributed by atoms with van der Waals surface area (Å²) in [6.45, 7) is 5.38. The van der Waals surface area contributed by atoms with Crippen molar-refractivity contribution in [2.24, 2.45) is 17.6 Å². The summed E-state index contributed by atoms with van der Waals surface area (Å²) in [5, 5.41) is 0.717. The van der Waals surface area contributed by atoms with Crippen LogP contribution in [-0.2, 0) is 0 Å². The molecule has 2 heteroatoms. The van der Waals surface area contributed by atoms with Gasteiger partial charge in [-0.1, -0.05) is 38.0 Å². The SMILES string of the molecule is CCC1CCC(CN)C(Sc2ccccc2C)C1. The summed E-state index contributed by atoms with van der Waals surface area (Å²) in [5.74, 6) is 1.62. The van der Waals surface area contributed by atoms with E-state index in [9.17, 15) is 0 Å². The smallest absolute Gasteiger partial charge is 0.0137 e. The summed E-state index contributed by atoms with van der Waals surface area (Å²) in [6.07, 6.45) is 5.36. The first-order chi connectivity index (χ1) is 8.74. The highest BCUT2D eigenvalue weighted by Crippen LogP contribution is 2.41. The van der Waals surface area contributed by atoms with E-state index in [1.54, 1.807) is 0 Å². The third-order valence-electron chi connectivity index (χ3n) is 4.29. The summed E-state index contributed by atoms with van der Waals surface area (Å²) in [6, 6.07) is 8.73. The summed E-state index contributed by atoms with van der Waals surface area (Å²) in [5.41, 5.74) is 7.36. The maximum Gasteiger partial charge on any atom is 0.0137 e. The van der Waals surface area contributed by atoms with Crippen LogP contribution >= 0.6 is 11.8 Å². The van der Waals surface area contributed by atoms with Crippen LogP contribution in [0.3, 0.4) is 0 Å². The predicted molar refractivity (Wildman–Crippen MR) is 81.0 cm³/mol. The predicted octanol–water partition coefficient (Wildman–Crippen LogP) is 4.24. The highest BCUT2D eigenvalue weighted by Gasteiger charge is 2.29. The lowest BCUT2D eigenvalue weighted by atomic mass is 9.80. The Morgan fingerprint density at radius 3 is 2.72 bits per heavy atom. The average molecular weight is 263 g/mol. The molecule has 18 heavy (non-hydrogen) atoms. The monoisotopic (exact) mass is 263 g/mol. The molecule has 1 aliphatic carbocycles. The topological polar surface area (TPSA) is 26.0 Å². The van der Waals surface area contributed by atoms with E-state index in [-0.39, 0.29) is 0 Å². The second-order valence-corrected chi connectivity index (χ2v) is 6.79. The van der Waals surface area contributed by atoms with Gasteiger partial charge in [-0.05, 0) is 49.8 Å². The third kappa shape index (κ3) is 3.30. The Morgan fingerprint density at radius 1 is 1.28 bits per heavy atom. The van der Waals surface area contributed by atoms with Gasteiger partial charge in [-0.3, -0.25) is 0 Å². The van der Waals surface area contributed by atoms with Gasteiger partial charge in [0.2, 0.25) is 0 Å². The van der Waals surface area contributed by atoms with Crippen molar-refractivity contribution in [3.8, 4) is 0 Å². The fraction of sp³-hybridized carbons (Fsp3) is 0.625. The first kappa shape index (κ1) is 14.0. The van der Waals surface area contributed by atoms with E-state index in [0.717, 1.165) is 17.7 Å². The molecule has 1 nitrogen and oxygen atoms in total. The second kappa shape index (κ2) is 6.63. The molecule has 100 valence electrons. The van der Waals surface area contributed by atoms with Gasteiger partial charge < -0.3 is 5.73 Å². The third-order valence-corrected chi connectivity index (χ3v) is 5.88. The number of aryl methyl sites for hydroxylation is 1. The molecular formula is C16H25NS. The van der Waals surface area contributed by atoms with E-state index in [1.807, 2.05) is 0 Å². The number of rotatable bonds is 4. The summed E-state index contributed by atoms with van der Waals surface area (Å²) >= 11 is 2.06. The summed E-state index contributed by atoms with van der Waals surface area (Å²) in [7, 11) is 0. The van der Waals surface area contributed by atoms with Gasteiger partial charge in [0.25, 0.3) is 0 Å². The Bertz CT molecular complexity index is 377. The lowest BCUT2D eigenvalue weighted by molar-refractivity contribution is 0.284. The van der Waals surface area contributed by atoms with Gasteiger partial charge in [0, 0.05) is 10.1 Å². The van der Waals surface area contributed by atoms with Crippen molar-refractivity contribution < 1.29 is 0 Å². The zero-order valence-corrected chi connectivity index (χ0v) is 12.4. The molecule has 1 aliphatic rings. The minimum atomic E-state index is 0.706. The van der Waals surface area contributed by atoms with Gasteiger partial charge in [0.15, 0.2) is 0 Å². The summed E-state index contributed by atoms with van der Waals surface area (Å²) in [4.78, 5) is 1.44. The number of benzene rings is 1. The lowest BCUT2D eigenvalue weighted by Crippen LogP contribution is -2.32. The molecule has 0 aromatic heterocycles. The van der Waals surface area contributed by atoms with Crippen molar-refractivity contribution in [2.45, 2.75) is 49.7 Å². The maximum atomic E-state index is 5.96. The van der Waals surface area contributed by atoms with E-state index in [1.165, 1.54) is 36.1 Å². The molecule has 2 rings (SSSR count). The molecule has 0 bridgehead atoms. The summed E-state index contributed by atoms with van der Waals surface area (Å²) < 4.78 is 0. The Morgan fingerprint density at radius 2 is 2.06 bits per heavy atom. The lowest BCUT2D eigenvalue weighted by Gasteiger charge is -2.35. The standard InChI is InChI=1S/C16H25NS/c1-3-13-8-9-14(11-17)16(10-13)18-15-7-5-4-6-12(15)2/h4-7,13-14,16H,3,8-11,17H2,1-2H3. The zero-order valence-electron chi connectivity index (χ0n) is 11.6. The molecule has 3 atom stereocenters. The van der Waals surface area contributed by atoms with Gasteiger partial charge in [0.1, 0.15) is 0 Å². The quantitative estimate of drug-likeness (QED) is 0.879. The normalized spacial score (nSPS) is 28.3. The van der Waals surface area contributed by atoms with Crippen LogP contribution in [0.25, 0.3) is 0 Å². The molecule has 1 aromatic rings. The van der Waals surface area contributed by atoms with Crippen LogP contribution in [-0.4, -0.2) is 11.8 Å². The van der Waals surface area contributed by atoms with Crippen LogP contribution in [0.4, 0.5) is 0 Å². The van der Waals surface area contributed by atoms with Crippen molar-refractivity contribution in [2.75, 3.05) is 6.54 Å². The molecule has 1 saturated carbocycles. The number of hydrogen-bond acceptors (Lipinski definition) is 2. The fourth-order valence-corrected chi connectivity index (χ4v) is 4.46. The van der Waals surface area contributed by atoms with Crippen molar-refractivity contribution in [3.63, 3.8) is 0 Å². The molecule has 1 aromatic carbocycles. The highest BCUT2D eigenvalue weighted by molar-refractivity contribution is 8.00. The zero-order chi connectivity index (χ0) is 13.0. The molecule has 0 heterocycles. The molecule has 0 saturated heterocycles. The molecular weight excluding hydrogens is 238 g/mol. The highest BCUT2D eigenvalue weighted by atomic mass is 32.2. The first-order valence-corrected chi connectivity index (χ1v) is 8.05. The Kier molecular flexibility index (Phi) is 5.13. The number of thioether (sulfide) groups is 1. The number of nitrogens with two attached hydrogens (primary N) is 1. The Hall–Kier alpha value is -0.470. The van der Waals surface area contributed by atoms with Gasteiger partial charge >= 0.3 is 0 Å². The number of hydrogen-bond donors (Lipinski definition) is 1. The van der Waals surface area contributed by atoms with Crippen LogP contribution in [0.5, 0.6) is 0 Å². The van der Waals surface area contributed by atoms with E-state index in [2.05, 4.69) is 49.9 Å². The average Bonchev–Trinajstić information content (AvgIpc) is 2.41. The largest absolute Gasteiger partial charge is 0.330 e. The van der Waals surface area contributed by atoms with Crippen molar-refractivity contribution in [3.05, 3.63) is 29.8 Å². The van der Waals surface area contributed by atoms with Crippen LogP contribution in [0, 0.1) is 18.8 Å². The van der Waals surface area contributed by atoms with Gasteiger partial charge in [-0.25, -0.2) is 0 Å². The molecule has 0 aliphatic heterocycles. The van der Waals surface area contributed by atoms with E-state index in [4.69, 9.17) is 5.73 Å². The molecule has 3 unspecified atom stereocenters. The van der Waals surface area contributed by atoms with Crippen molar-refractivity contribution in [1.82, 2.24) is 0 Å². The molecule has 0 amide bonds. The second-order valence-electron chi connectivity index (χ2n) is 5.50. The van der Waals surface area contributed by atoms with Gasteiger partial charge in [-0.15, -0.1) is 11.8 Å². The van der Waals surface area contributed by atoms with E-state index in [0.29, 0.717) is 5.92 Å². The maximum absolute atomic E-state index is 5.96.